The summed E-state index contributed by atoms with van der Waals surface area (Å²) in [6.45, 7) is 7.70. The van der Waals surface area contributed by atoms with Crippen molar-refractivity contribution in [3.8, 4) is 0 Å². The number of likely N-dealkylation sites (tertiary alicyclic amines) is 1. The Balaban J connectivity index is 1.52. The van der Waals surface area contributed by atoms with Crippen LogP contribution in [0.2, 0.25) is 0 Å². The van der Waals surface area contributed by atoms with E-state index in [-0.39, 0.29) is 18.1 Å². The van der Waals surface area contributed by atoms with Gasteiger partial charge in [0.05, 0.1) is 19.8 Å². The number of carbonyl (C=O) groups excluding carboxylic acids is 3. The number of morpholine rings is 1. The first-order chi connectivity index (χ1) is 18.4. The van der Waals surface area contributed by atoms with Gasteiger partial charge in [0.2, 0.25) is 0 Å². The summed E-state index contributed by atoms with van der Waals surface area (Å²) in [5, 5.41) is 11.9. The molecule has 0 atom stereocenters. The van der Waals surface area contributed by atoms with Crippen molar-refractivity contribution >= 4 is 23.7 Å². The molecule has 2 saturated heterocycles. The van der Waals surface area contributed by atoms with E-state index in [9.17, 15) is 14.4 Å². The Bertz CT molecular complexity index is 1110. The molecule has 2 heterocycles. The van der Waals surface area contributed by atoms with Gasteiger partial charge in [-0.25, -0.2) is 15.1 Å². The van der Waals surface area contributed by atoms with Crippen LogP contribution in [-0.2, 0) is 11.3 Å². The molecule has 0 bridgehead atoms. The van der Waals surface area contributed by atoms with Gasteiger partial charge in [-0.05, 0) is 68.0 Å². The summed E-state index contributed by atoms with van der Waals surface area (Å²) in [6.07, 6.45) is 1.72. The quantitative estimate of drug-likeness (QED) is 0.396. The lowest BCUT2D eigenvalue weighted by atomic mass is 9.89. The number of piperidine rings is 1. The van der Waals surface area contributed by atoms with Crippen molar-refractivity contribution in [1.29, 1.82) is 0 Å². The summed E-state index contributed by atoms with van der Waals surface area (Å²) in [5.74, 6) is -0.284. The number of carbonyl (C=O) groups is 3. The Hall–Kier alpha value is -3.63. The molecule has 2 aromatic carbocycles. The van der Waals surface area contributed by atoms with Crippen molar-refractivity contribution < 1.29 is 24.3 Å². The Morgan fingerprint density at radius 2 is 1.68 bits per heavy atom. The molecule has 3 N–H and O–H groups in total. The highest BCUT2D eigenvalue weighted by molar-refractivity contribution is 5.94. The maximum atomic E-state index is 13.7. The highest BCUT2D eigenvalue weighted by atomic mass is 16.5. The third kappa shape index (κ3) is 6.81. The summed E-state index contributed by atoms with van der Waals surface area (Å²) in [4.78, 5) is 43.2. The number of nitrogens with zero attached hydrogens (tertiary/aromatic N) is 3. The average Bonchev–Trinajstić information content (AvgIpc) is 2.95. The molecule has 0 aliphatic carbocycles. The fourth-order valence-corrected chi connectivity index (χ4v) is 4.90. The molecule has 2 aliphatic heterocycles. The largest absolute Gasteiger partial charge is 0.378 e. The Labute approximate surface area is 223 Å². The normalized spacial score (nSPS) is 16.3. The van der Waals surface area contributed by atoms with E-state index in [2.05, 4.69) is 17.4 Å². The number of hydrogen-bond acceptors (Lipinski definition) is 5. The first-order valence-corrected chi connectivity index (χ1v) is 13.2. The van der Waals surface area contributed by atoms with Crippen LogP contribution in [0.15, 0.2) is 48.5 Å². The zero-order valence-corrected chi connectivity index (χ0v) is 22.1. The minimum absolute atomic E-state index is 0.0167. The van der Waals surface area contributed by atoms with E-state index in [1.165, 1.54) is 0 Å². The number of nitrogens with one attached hydrogen (secondary N) is 2. The summed E-state index contributed by atoms with van der Waals surface area (Å²) < 4.78 is 5.44. The van der Waals surface area contributed by atoms with Gasteiger partial charge < -0.3 is 19.9 Å². The molecule has 0 radical (unpaired) electrons. The molecular weight excluding hydrogens is 486 g/mol. The van der Waals surface area contributed by atoms with Crippen LogP contribution in [0, 0.1) is 0 Å². The fourth-order valence-electron chi connectivity index (χ4n) is 4.90. The minimum atomic E-state index is -0.585. The maximum absolute atomic E-state index is 13.7. The molecule has 0 spiro atoms. The first-order valence-electron chi connectivity index (χ1n) is 13.2. The molecule has 0 aromatic heterocycles. The predicted octanol–water partition coefficient (Wildman–Crippen LogP) is 3.56. The van der Waals surface area contributed by atoms with E-state index >= 15 is 0 Å². The van der Waals surface area contributed by atoms with Crippen LogP contribution >= 0.6 is 0 Å². The number of rotatable bonds is 6. The number of amides is 5. The second-order valence-corrected chi connectivity index (χ2v) is 10.1. The molecule has 204 valence electrons. The van der Waals surface area contributed by atoms with Gasteiger partial charge in [0.25, 0.3) is 5.91 Å². The van der Waals surface area contributed by atoms with Crippen LogP contribution in [0.3, 0.4) is 0 Å². The van der Waals surface area contributed by atoms with E-state index in [4.69, 9.17) is 9.94 Å². The summed E-state index contributed by atoms with van der Waals surface area (Å²) in [7, 11) is 0. The summed E-state index contributed by atoms with van der Waals surface area (Å²) in [6, 6.07) is 14.9. The highest BCUT2D eigenvalue weighted by Gasteiger charge is 2.27. The van der Waals surface area contributed by atoms with Crippen molar-refractivity contribution in [2.24, 2.45) is 0 Å². The van der Waals surface area contributed by atoms with Gasteiger partial charge in [-0.1, -0.05) is 24.3 Å². The monoisotopic (exact) mass is 523 g/mol. The fraction of sp³-hybridized carbons (Fsp3) is 0.464. The lowest BCUT2D eigenvalue weighted by Gasteiger charge is -2.34. The van der Waals surface area contributed by atoms with Gasteiger partial charge in [0, 0.05) is 43.5 Å². The third-order valence-corrected chi connectivity index (χ3v) is 7.02. The molecule has 0 saturated carbocycles. The van der Waals surface area contributed by atoms with Crippen molar-refractivity contribution in [3.05, 3.63) is 65.2 Å². The summed E-state index contributed by atoms with van der Waals surface area (Å²) >= 11 is 0. The Morgan fingerprint density at radius 3 is 2.32 bits per heavy atom. The van der Waals surface area contributed by atoms with Gasteiger partial charge >= 0.3 is 12.1 Å². The SMILES string of the molecule is CC(C)NC(=O)N1CCC(c2cccc(N(Cc3ccc(C(=O)NO)cc3)C(=O)N3CCOCC3)c2)CC1. The van der Waals surface area contributed by atoms with E-state index < -0.39 is 5.91 Å². The zero-order valence-electron chi connectivity index (χ0n) is 22.1. The predicted molar refractivity (Wildman–Crippen MR) is 143 cm³/mol. The van der Waals surface area contributed by atoms with Crippen LogP contribution in [0.1, 0.15) is 54.1 Å². The number of hydrogen-bond donors (Lipinski definition) is 3. The van der Waals surface area contributed by atoms with Crippen molar-refractivity contribution in [2.45, 2.75) is 45.2 Å². The second kappa shape index (κ2) is 12.7. The molecule has 2 aliphatic rings. The van der Waals surface area contributed by atoms with Crippen LogP contribution in [-0.4, -0.2) is 78.4 Å². The first kappa shape index (κ1) is 27.4. The Morgan fingerprint density at radius 1 is 1.00 bits per heavy atom. The standard InChI is InChI=1S/C28H37N5O5/c1-20(2)29-27(35)31-12-10-22(11-13-31)24-4-3-5-25(18-24)33(28(36)32-14-16-38-17-15-32)19-21-6-8-23(9-7-21)26(34)30-37/h3-9,18,20,22,37H,10-17,19H2,1-2H3,(H,29,35)(H,30,34). The minimum Gasteiger partial charge on any atom is -0.378 e. The highest BCUT2D eigenvalue weighted by Crippen LogP contribution is 2.31. The van der Waals surface area contributed by atoms with E-state index in [1.54, 1.807) is 39.5 Å². The van der Waals surface area contributed by atoms with Crippen LogP contribution in [0.4, 0.5) is 15.3 Å². The van der Waals surface area contributed by atoms with Gasteiger partial charge in [-0.3, -0.25) is 14.9 Å². The molecule has 38 heavy (non-hydrogen) atoms. The number of urea groups is 2. The molecule has 5 amide bonds. The van der Waals surface area contributed by atoms with Crippen molar-refractivity contribution in [2.75, 3.05) is 44.3 Å². The molecule has 4 rings (SSSR count). The smallest absolute Gasteiger partial charge is 0.324 e. The van der Waals surface area contributed by atoms with E-state index in [0.717, 1.165) is 29.7 Å². The maximum Gasteiger partial charge on any atom is 0.324 e. The number of ether oxygens (including phenoxy) is 1. The molecule has 10 nitrogen and oxygen atoms in total. The number of benzene rings is 2. The van der Waals surface area contributed by atoms with Gasteiger partial charge in [-0.15, -0.1) is 0 Å². The molecule has 0 unspecified atom stereocenters. The van der Waals surface area contributed by atoms with E-state index in [1.807, 2.05) is 30.9 Å². The summed E-state index contributed by atoms with van der Waals surface area (Å²) in [5.41, 5.74) is 4.78. The van der Waals surface area contributed by atoms with Gasteiger partial charge in [0.15, 0.2) is 0 Å². The molecular formula is C28H37N5O5. The van der Waals surface area contributed by atoms with Crippen LogP contribution < -0.4 is 15.7 Å². The lowest BCUT2D eigenvalue weighted by Crippen LogP contribution is -2.48. The second-order valence-electron chi connectivity index (χ2n) is 10.1. The van der Waals surface area contributed by atoms with Crippen LogP contribution in [0.5, 0.6) is 0 Å². The molecule has 2 fully saturated rings. The zero-order chi connectivity index (χ0) is 27.1. The van der Waals surface area contributed by atoms with Gasteiger partial charge in [-0.2, -0.15) is 0 Å². The van der Waals surface area contributed by atoms with Crippen LogP contribution in [0.25, 0.3) is 0 Å². The Kier molecular flexibility index (Phi) is 9.19. The molecule has 10 heteroatoms. The number of hydroxylamine groups is 1. The third-order valence-electron chi connectivity index (χ3n) is 7.02. The van der Waals surface area contributed by atoms with Crippen molar-refractivity contribution in [3.63, 3.8) is 0 Å². The van der Waals surface area contributed by atoms with Crippen molar-refractivity contribution in [1.82, 2.24) is 20.6 Å². The van der Waals surface area contributed by atoms with E-state index in [0.29, 0.717) is 57.4 Å². The average molecular weight is 524 g/mol. The topological polar surface area (TPSA) is 114 Å². The lowest BCUT2D eigenvalue weighted by molar-refractivity contribution is 0.0548. The van der Waals surface area contributed by atoms with Gasteiger partial charge in [0.1, 0.15) is 0 Å². The molecule has 2 aromatic rings. The number of anilines is 1.